The maximum absolute atomic E-state index is 10.9. The van der Waals surface area contributed by atoms with E-state index in [9.17, 15) is 10.1 Å². The third-order valence-electron chi connectivity index (χ3n) is 4.27. The summed E-state index contributed by atoms with van der Waals surface area (Å²) in [6.07, 6.45) is 4.76. The molecule has 0 bridgehead atoms. The van der Waals surface area contributed by atoms with Gasteiger partial charge in [0.2, 0.25) is 0 Å². The number of rotatable bonds is 5. The molecule has 2 atom stereocenters. The maximum atomic E-state index is 10.9. The van der Waals surface area contributed by atoms with Gasteiger partial charge in [-0.2, -0.15) is 0 Å². The Bertz CT molecular complexity index is 476. The molecule has 20 heavy (non-hydrogen) atoms. The molecule has 110 valence electrons. The minimum Gasteiger partial charge on any atom is -0.493 e. The molecular weight excluding hydrogens is 256 g/mol. The Labute approximate surface area is 119 Å². The molecule has 1 aromatic rings. The first-order valence-corrected chi connectivity index (χ1v) is 7.20. The molecule has 0 saturated heterocycles. The van der Waals surface area contributed by atoms with Crippen LogP contribution in [-0.4, -0.2) is 18.1 Å². The van der Waals surface area contributed by atoms with Crippen molar-refractivity contribution in [2.75, 3.05) is 13.2 Å². The van der Waals surface area contributed by atoms with Crippen LogP contribution in [0.15, 0.2) is 18.2 Å². The second kappa shape index (κ2) is 6.70. The summed E-state index contributed by atoms with van der Waals surface area (Å²) in [5.41, 5.74) is 6.52. The number of nitrogens with zero attached hydrogens (tertiary/aromatic N) is 1. The first-order chi connectivity index (χ1) is 9.63. The zero-order chi connectivity index (χ0) is 14.5. The zero-order valence-electron chi connectivity index (χ0n) is 11.9. The predicted octanol–water partition coefficient (Wildman–Crippen LogP) is 3.05. The van der Waals surface area contributed by atoms with Gasteiger partial charge in [-0.05, 0) is 44.2 Å². The normalized spacial score (nSPS) is 22.5. The molecule has 1 aromatic carbocycles. The molecule has 0 radical (unpaired) electrons. The SMILES string of the molecule is Cc1c(OCC2CCCCC2CN)cccc1[N+](=O)[O-]. The Kier molecular flexibility index (Phi) is 4.95. The number of ether oxygens (including phenoxy) is 1. The number of hydrogen-bond acceptors (Lipinski definition) is 4. The van der Waals surface area contributed by atoms with Gasteiger partial charge in [0.1, 0.15) is 5.75 Å². The zero-order valence-corrected chi connectivity index (χ0v) is 11.9. The topological polar surface area (TPSA) is 78.4 Å². The van der Waals surface area contributed by atoms with E-state index in [-0.39, 0.29) is 10.6 Å². The van der Waals surface area contributed by atoms with Crippen LogP contribution >= 0.6 is 0 Å². The minimum atomic E-state index is -0.370. The fourth-order valence-corrected chi connectivity index (χ4v) is 2.97. The summed E-state index contributed by atoms with van der Waals surface area (Å²) in [6, 6.07) is 4.97. The molecule has 2 N–H and O–H groups in total. The van der Waals surface area contributed by atoms with Crippen LogP contribution in [0.3, 0.4) is 0 Å². The van der Waals surface area contributed by atoms with Crippen LogP contribution in [0.25, 0.3) is 0 Å². The first kappa shape index (κ1) is 14.8. The summed E-state index contributed by atoms with van der Waals surface area (Å²) in [4.78, 5) is 10.5. The highest BCUT2D eigenvalue weighted by Gasteiger charge is 2.25. The lowest BCUT2D eigenvalue weighted by atomic mass is 9.80. The van der Waals surface area contributed by atoms with E-state index in [0.717, 1.165) is 6.42 Å². The van der Waals surface area contributed by atoms with Crippen molar-refractivity contribution in [1.82, 2.24) is 0 Å². The van der Waals surface area contributed by atoms with Gasteiger partial charge in [0.15, 0.2) is 0 Å². The van der Waals surface area contributed by atoms with E-state index < -0.39 is 0 Å². The molecule has 1 aliphatic rings. The average molecular weight is 278 g/mol. The van der Waals surface area contributed by atoms with Crippen LogP contribution in [0.2, 0.25) is 0 Å². The highest BCUT2D eigenvalue weighted by Crippen LogP contribution is 2.32. The Hall–Kier alpha value is -1.62. The van der Waals surface area contributed by atoms with E-state index in [1.807, 2.05) is 0 Å². The average Bonchev–Trinajstić information content (AvgIpc) is 2.46. The number of hydrogen-bond donors (Lipinski definition) is 1. The smallest absolute Gasteiger partial charge is 0.276 e. The van der Waals surface area contributed by atoms with E-state index >= 15 is 0 Å². The first-order valence-electron chi connectivity index (χ1n) is 7.20. The van der Waals surface area contributed by atoms with E-state index in [4.69, 9.17) is 10.5 Å². The summed E-state index contributed by atoms with van der Waals surface area (Å²) in [6.45, 7) is 3.03. The summed E-state index contributed by atoms with van der Waals surface area (Å²) < 4.78 is 5.84. The van der Waals surface area contributed by atoms with E-state index in [0.29, 0.717) is 36.3 Å². The highest BCUT2D eigenvalue weighted by molar-refractivity contribution is 5.48. The van der Waals surface area contributed by atoms with Crippen molar-refractivity contribution < 1.29 is 9.66 Å². The Balaban J connectivity index is 2.03. The quantitative estimate of drug-likeness (QED) is 0.663. The number of nitro groups is 1. The molecular formula is C15H22N2O3. The Morgan fingerprint density at radius 3 is 2.70 bits per heavy atom. The van der Waals surface area contributed by atoms with Crippen molar-refractivity contribution in [3.8, 4) is 5.75 Å². The summed E-state index contributed by atoms with van der Waals surface area (Å²) in [7, 11) is 0. The van der Waals surface area contributed by atoms with Crippen LogP contribution in [0.1, 0.15) is 31.2 Å². The third-order valence-corrected chi connectivity index (χ3v) is 4.27. The maximum Gasteiger partial charge on any atom is 0.276 e. The lowest BCUT2D eigenvalue weighted by Gasteiger charge is -2.30. The molecule has 2 unspecified atom stereocenters. The second-order valence-corrected chi connectivity index (χ2v) is 5.51. The van der Waals surface area contributed by atoms with Crippen molar-refractivity contribution in [2.45, 2.75) is 32.6 Å². The summed E-state index contributed by atoms with van der Waals surface area (Å²) >= 11 is 0. The van der Waals surface area contributed by atoms with Gasteiger partial charge in [-0.15, -0.1) is 0 Å². The largest absolute Gasteiger partial charge is 0.493 e. The minimum absolute atomic E-state index is 0.113. The molecule has 5 nitrogen and oxygen atoms in total. The summed E-state index contributed by atoms with van der Waals surface area (Å²) in [5, 5.41) is 10.9. The van der Waals surface area contributed by atoms with Gasteiger partial charge in [-0.1, -0.05) is 18.9 Å². The molecule has 0 aromatic heterocycles. The lowest BCUT2D eigenvalue weighted by Crippen LogP contribution is -2.30. The van der Waals surface area contributed by atoms with Gasteiger partial charge in [0, 0.05) is 6.07 Å². The number of benzene rings is 1. The molecule has 1 aliphatic carbocycles. The van der Waals surface area contributed by atoms with Crippen molar-refractivity contribution >= 4 is 5.69 Å². The fraction of sp³-hybridized carbons (Fsp3) is 0.600. The van der Waals surface area contributed by atoms with Gasteiger partial charge in [-0.3, -0.25) is 10.1 Å². The molecule has 0 spiro atoms. The summed E-state index contributed by atoms with van der Waals surface area (Å²) in [5.74, 6) is 1.59. The van der Waals surface area contributed by atoms with Crippen molar-refractivity contribution in [3.63, 3.8) is 0 Å². The molecule has 1 saturated carbocycles. The van der Waals surface area contributed by atoms with E-state index in [1.165, 1.54) is 25.3 Å². The standard InChI is InChI=1S/C15H22N2O3/c1-11-14(17(18)19)7-4-8-15(11)20-10-13-6-3-2-5-12(13)9-16/h4,7-8,12-13H,2-3,5-6,9-10,16H2,1H3. The van der Waals surface area contributed by atoms with Crippen molar-refractivity contribution in [2.24, 2.45) is 17.6 Å². The number of nitro benzene ring substituents is 1. The number of nitrogens with two attached hydrogens (primary N) is 1. The Morgan fingerprint density at radius 1 is 1.35 bits per heavy atom. The van der Waals surface area contributed by atoms with Crippen LogP contribution in [0, 0.1) is 28.9 Å². The van der Waals surface area contributed by atoms with Crippen LogP contribution < -0.4 is 10.5 Å². The predicted molar refractivity (Wildman–Crippen MR) is 77.8 cm³/mol. The highest BCUT2D eigenvalue weighted by atomic mass is 16.6. The molecule has 5 heteroatoms. The van der Waals surface area contributed by atoms with Gasteiger partial charge >= 0.3 is 0 Å². The van der Waals surface area contributed by atoms with Gasteiger partial charge in [-0.25, -0.2) is 0 Å². The van der Waals surface area contributed by atoms with E-state index in [2.05, 4.69) is 0 Å². The van der Waals surface area contributed by atoms with Gasteiger partial charge < -0.3 is 10.5 Å². The van der Waals surface area contributed by atoms with E-state index in [1.54, 1.807) is 19.1 Å². The molecule has 0 amide bonds. The van der Waals surface area contributed by atoms with Crippen LogP contribution in [0.4, 0.5) is 5.69 Å². The second-order valence-electron chi connectivity index (χ2n) is 5.51. The van der Waals surface area contributed by atoms with Gasteiger partial charge in [0.05, 0.1) is 17.1 Å². The lowest BCUT2D eigenvalue weighted by molar-refractivity contribution is -0.385. The molecule has 0 heterocycles. The third kappa shape index (κ3) is 3.28. The van der Waals surface area contributed by atoms with Crippen LogP contribution in [0.5, 0.6) is 5.75 Å². The molecule has 1 fully saturated rings. The molecule has 0 aliphatic heterocycles. The Morgan fingerprint density at radius 2 is 2.05 bits per heavy atom. The van der Waals surface area contributed by atoms with Crippen molar-refractivity contribution in [1.29, 1.82) is 0 Å². The van der Waals surface area contributed by atoms with Gasteiger partial charge in [0.25, 0.3) is 5.69 Å². The van der Waals surface area contributed by atoms with Crippen molar-refractivity contribution in [3.05, 3.63) is 33.9 Å². The monoisotopic (exact) mass is 278 g/mol. The van der Waals surface area contributed by atoms with Crippen LogP contribution in [-0.2, 0) is 0 Å². The fourth-order valence-electron chi connectivity index (χ4n) is 2.97. The molecule has 2 rings (SSSR count).